The van der Waals surface area contributed by atoms with E-state index in [1.807, 2.05) is 24.3 Å². The molecule has 8 heteroatoms. The average molecular weight is 453 g/mol. The largest absolute Gasteiger partial charge is 0.493 e. The van der Waals surface area contributed by atoms with E-state index in [0.29, 0.717) is 23.8 Å². The van der Waals surface area contributed by atoms with Crippen LogP contribution in [0.3, 0.4) is 0 Å². The normalized spacial score (nSPS) is 11.0. The van der Waals surface area contributed by atoms with Crippen molar-refractivity contribution in [3.63, 3.8) is 0 Å². The lowest BCUT2D eigenvalue weighted by Gasteiger charge is -2.12. The summed E-state index contributed by atoms with van der Waals surface area (Å²) in [6.07, 6.45) is 1.42. The van der Waals surface area contributed by atoms with E-state index in [4.69, 9.17) is 18.9 Å². The molecule has 174 valence electrons. The van der Waals surface area contributed by atoms with Crippen molar-refractivity contribution in [1.82, 2.24) is 5.32 Å². The van der Waals surface area contributed by atoms with E-state index in [1.165, 1.54) is 26.4 Å². The molecule has 2 aromatic rings. The van der Waals surface area contributed by atoms with Gasteiger partial charge in [0.05, 0.1) is 13.7 Å². The Morgan fingerprint density at radius 1 is 1.12 bits per heavy atom. The van der Waals surface area contributed by atoms with E-state index in [-0.39, 0.29) is 30.2 Å². The van der Waals surface area contributed by atoms with Crippen molar-refractivity contribution < 1.29 is 28.5 Å². The van der Waals surface area contributed by atoms with Crippen LogP contribution in [0.2, 0.25) is 0 Å². The number of hydrogen-bond donors (Lipinski definition) is 1. The molecule has 2 aromatic carbocycles. The van der Waals surface area contributed by atoms with Gasteiger partial charge in [0.2, 0.25) is 0 Å². The molecule has 0 radical (unpaired) electrons. The third-order valence-electron chi connectivity index (χ3n) is 4.56. The zero-order valence-corrected chi connectivity index (χ0v) is 19.2. The number of carbonyl (C=O) groups excluding carboxylic acids is 2. The van der Waals surface area contributed by atoms with E-state index in [1.54, 1.807) is 18.2 Å². The fraction of sp³-hybridized carbons (Fsp3) is 0.320. The number of methoxy groups -OCH3 is 2. The molecule has 0 spiro atoms. The number of nitrogens with zero attached hydrogens (tertiary/aromatic N) is 1. The molecule has 0 bridgehead atoms. The second-order valence-corrected chi connectivity index (χ2v) is 7.32. The van der Waals surface area contributed by atoms with Crippen molar-refractivity contribution >= 4 is 18.0 Å². The van der Waals surface area contributed by atoms with Crippen molar-refractivity contribution in [3.8, 4) is 23.3 Å². The Balaban J connectivity index is 2.05. The quantitative estimate of drug-likeness (QED) is 0.183. The van der Waals surface area contributed by atoms with Crippen LogP contribution in [0.4, 0.5) is 0 Å². The zero-order chi connectivity index (χ0) is 24.2. The van der Waals surface area contributed by atoms with Gasteiger partial charge in [0.1, 0.15) is 17.4 Å². The van der Waals surface area contributed by atoms with Gasteiger partial charge in [0, 0.05) is 13.7 Å². The molecule has 8 nitrogen and oxygen atoms in total. The van der Waals surface area contributed by atoms with Crippen molar-refractivity contribution in [3.05, 3.63) is 59.2 Å². The number of nitriles is 1. The summed E-state index contributed by atoms with van der Waals surface area (Å²) < 4.78 is 21.1. The highest BCUT2D eigenvalue weighted by Gasteiger charge is 2.13. The molecule has 33 heavy (non-hydrogen) atoms. The standard InChI is InChI=1S/C25H28N2O6/c1-17(2)19-6-5-7-21(14-19)32-16-24(28)33-22-9-8-18(13-23(22)31-4)12-20(15-26)25(29)27-10-11-30-3/h5-9,12-14,17H,10-11,16H2,1-4H3,(H,27,29)/b20-12+. The summed E-state index contributed by atoms with van der Waals surface area (Å²) in [4.78, 5) is 24.4. The van der Waals surface area contributed by atoms with Crippen LogP contribution in [-0.4, -0.2) is 45.9 Å². The fourth-order valence-corrected chi connectivity index (χ4v) is 2.79. The Kier molecular flexibility index (Phi) is 9.93. The number of amides is 1. The van der Waals surface area contributed by atoms with E-state index in [2.05, 4.69) is 19.2 Å². The number of rotatable bonds is 11. The van der Waals surface area contributed by atoms with E-state index >= 15 is 0 Å². The molecular weight excluding hydrogens is 424 g/mol. The lowest BCUT2D eigenvalue weighted by Crippen LogP contribution is -2.27. The summed E-state index contributed by atoms with van der Waals surface area (Å²) >= 11 is 0. The van der Waals surface area contributed by atoms with Gasteiger partial charge in [0.25, 0.3) is 5.91 Å². The van der Waals surface area contributed by atoms with Crippen molar-refractivity contribution in [2.75, 3.05) is 34.0 Å². The van der Waals surface area contributed by atoms with Crippen LogP contribution < -0.4 is 19.5 Å². The molecule has 1 N–H and O–H groups in total. The highest BCUT2D eigenvalue weighted by molar-refractivity contribution is 6.01. The molecule has 0 fully saturated rings. The summed E-state index contributed by atoms with van der Waals surface area (Å²) in [5.41, 5.74) is 1.57. The summed E-state index contributed by atoms with van der Waals surface area (Å²) in [6, 6.07) is 14.1. The maximum absolute atomic E-state index is 12.3. The lowest BCUT2D eigenvalue weighted by atomic mass is 10.0. The number of benzene rings is 2. The van der Waals surface area contributed by atoms with Crippen LogP contribution in [0.25, 0.3) is 6.08 Å². The van der Waals surface area contributed by atoms with Gasteiger partial charge in [0.15, 0.2) is 18.1 Å². The molecular formula is C25H28N2O6. The van der Waals surface area contributed by atoms with Gasteiger partial charge in [-0.3, -0.25) is 4.79 Å². The molecule has 0 atom stereocenters. The van der Waals surface area contributed by atoms with E-state index in [0.717, 1.165) is 5.56 Å². The molecule has 0 saturated heterocycles. The zero-order valence-electron chi connectivity index (χ0n) is 19.2. The SMILES string of the molecule is COCCNC(=O)/C(C#N)=C/c1ccc(OC(=O)COc2cccc(C(C)C)c2)c(OC)c1. The molecule has 0 aliphatic carbocycles. The highest BCUT2D eigenvalue weighted by atomic mass is 16.6. The summed E-state index contributed by atoms with van der Waals surface area (Å²) in [5.74, 6) is 0.288. The minimum Gasteiger partial charge on any atom is -0.493 e. The third kappa shape index (κ3) is 7.98. The van der Waals surface area contributed by atoms with Crippen LogP contribution in [0, 0.1) is 11.3 Å². The first kappa shape index (κ1) is 25.4. The summed E-state index contributed by atoms with van der Waals surface area (Å²) in [6.45, 7) is 4.51. The highest BCUT2D eigenvalue weighted by Crippen LogP contribution is 2.29. The summed E-state index contributed by atoms with van der Waals surface area (Å²) in [5, 5.41) is 11.9. The Labute approximate surface area is 193 Å². The number of nitrogens with one attached hydrogen (secondary N) is 1. The third-order valence-corrected chi connectivity index (χ3v) is 4.56. The smallest absolute Gasteiger partial charge is 0.349 e. The van der Waals surface area contributed by atoms with Gasteiger partial charge in [-0.15, -0.1) is 0 Å². The number of carbonyl (C=O) groups is 2. The van der Waals surface area contributed by atoms with Gasteiger partial charge in [-0.25, -0.2) is 4.79 Å². The minimum atomic E-state index is -0.596. The minimum absolute atomic E-state index is 0.0741. The molecule has 0 saturated carbocycles. The Morgan fingerprint density at radius 3 is 2.58 bits per heavy atom. The van der Waals surface area contributed by atoms with Crippen molar-refractivity contribution in [2.24, 2.45) is 0 Å². The molecule has 0 heterocycles. The summed E-state index contributed by atoms with van der Waals surface area (Å²) in [7, 11) is 2.95. The predicted molar refractivity (Wildman–Crippen MR) is 123 cm³/mol. The molecule has 0 aliphatic rings. The van der Waals surface area contributed by atoms with Crippen LogP contribution in [0.1, 0.15) is 30.9 Å². The van der Waals surface area contributed by atoms with Gasteiger partial charge >= 0.3 is 5.97 Å². The Bertz CT molecular complexity index is 1040. The first-order chi connectivity index (χ1) is 15.9. The monoisotopic (exact) mass is 452 g/mol. The second kappa shape index (κ2) is 12.9. The van der Waals surface area contributed by atoms with Crippen molar-refractivity contribution in [1.29, 1.82) is 5.26 Å². The molecule has 0 aromatic heterocycles. The van der Waals surface area contributed by atoms with Gasteiger partial charge < -0.3 is 24.3 Å². The fourth-order valence-electron chi connectivity index (χ4n) is 2.79. The molecule has 1 amide bonds. The second-order valence-electron chi connectivity index (χ2n) is 7.32. The number of esters is 1. The number of ether oxygens (including phenoxy) is 4. The van der Waals surface area contributed by atoms with E-state index in [9.17, 15) is 14.9 Å². The first-order valence-electron chi connectivity index (χ1n) is 10.4. The number of hydrogen-bond acceptors (Lipinski definition) is 7. The topological polar surface area (TPSA) is 107 Å². The van der Waals surface area contributed by atoms with Gasteiger partial charge in [-0.2, -0.15) is 5.26 Å². The van der Waals surface area contributed by atoms with Crippen LogP contribution >= 0.6 is 0 Å². The maximum Gasteiger partial charge on any atom is 0.349 e. The van der Waals surface area contributed by atoms with Crippen molar-refractivity contribution in [2.45, 2.75) is 19.8 Å². The first-order valence-corrected chi connectivity index (χ1v) is 10.4. The molecule has 0 aliphatic heterocycles. The maximum atomic E-state index is 12.3. The van der Waals surface area contributed by atoms with Gasteiger partial charge in [-0.1, -0.05) is 32.0 Å². The van der Waals surface area contributed by atoms with Crippen LogP contribution in [0.15, 0.2) is 48.0 Å². The van der Waals surface area contributed by atoms with Gasteiger partial charge in [-0.05, 0) is 47.4 Å². The van der Waals surface area contributed by atoms with E-state index < -0.39 is 11.9 Å². The lowest BCUT2D eigenvalue weighted by molar-refractivity contribution is -0.136. The Morgan fingerprint density at radius 2 is 1.91 bits per heavy atom. The molecule has 0 unspecified atom stereocenters. The predicted octanol–water partition coefficient (Wildman–Crippen LogP) is 3.47. The Hall–Kier alpha value is -3.83. The van der Waals surface area contributed by atoms with Crippen LogP contribution in [0.5, 0.6) is 17.2 Å². The molecule has 2 rings (SSSR count). The average Bonchev–Trinajstić information content (AvgIpc) is 2.82. The van der Waals surface area contributed by atoms with Crippen LogP contribution in [-0.2, 0) is 14.3 Å².